The fraction of sp³-hybridized carbons (Fsp3) is 0.438. The molecule has 0 radical (unpaired) electrons. The molecule has 1 aromatic heterocycles. The van der Waals surface area contributed by atoms with Crippen LogP contribution in [0.2, 0.25) is 0 Å². The summed E-state index contributed by atoms with van der Waals surface area (Å²) in [5.41, 5.74) is -0.907. The van der Waals surface area contributed by atoms with Gasteiger partial charge >= 0.3 is 18.4 Å². The number of benzene rings is 1. The van der Waals surface area contributed by atoms with E-state index in [0.717, 1.165) is 12.1 Å². The number of rotatable bonds is 7. The van der Waals surface area contributed by atoms with E-state index in [4.69, 9.17) is 0 Å². The first-order valence-corrected chi connectivity index (χ1v) is 8.06. The molecule has 0 aliphatic carbocycles. The van der Waals surface area contributed by atoms with Crippen LogP contribution in [0, 0.1) is 5.92 Å². The quantitative estimate of drug-likeness (QED) is 0.649. The Morgan fingerprint density at radius 2 is 1.68 bits per heavy atom. The number of aromatic nitrogens is 3. The minimum atomic E-state index is -4.60. The maximum atomic E-state index is 12.8. The summed E-state index contributed by atoms with van der Waals surface area (Å²) in [4.78, 5) is 11.4. The molecule has 0 saturated carbocycles. The van der Waals surface area contributed by atoms with E-state index >= 15 is 0 Å². The van der Waals surface area contributed by atoms with Crippen molar-refractivity contribution in [3.8, 4) is 6.01 Å². The molecule has 2 aromatic rings. The molecule has 0 unspecified atom stereocenters. The van der Waals surface area contributed by atoms with Crippen LogP contribution in [-0.2, 0) is 6.18 Å². The average molecular weight is 409 g/mol. The highest BCUT2D eigenvalue weighted by atomic mass is 19.4. The van der Waals surface area contributed by atoms with Crippen LogP contribution in [0.4, 0.5) is 43.9 Å². The summed E-state index contributed by atoms with van der Waals surface area (Å²) >= 11 is 0. The molecule has 0 saturated heterocycles. The van der Waals surface area contributed by atoms with Crippen molar-refractivity contribution in [1.29, 1.82) is 0 Å². The van der Waals surface area contributed by atoms with Crippen LogP contribution in [0.3, 0.4) is 0 Å². The lowest BCUT2D eigenvalue weighted by Gasteiger charge is -2.13. The average Bonchev–Trinajstić information content (AvgIpc) is 2.57. The first-order chi connectivity index (χ1) is 12.9. The van der Waals surface area contributed by atoms with Crippen LogP contribution in [0.15, 0.2) is 24.3 Å². The number of ether oxygens (including phenoxy) is 1. The van der Waals surface area contributed by atoms with Gasteiger partial charge in [-0.05, 0) is 24.1 Å². The number of nitrogens with zero attached hydrogens (tertiary/aromatic N) is 3. The molecule has 1 heterocycles. The summed E-state index contributed by atoms with van der Waals surface area (Å²) in [6, 6.07) is 3.59. The molecule has 12 heteroatoms. The third kappa shape index (κ3) is 7.08. The molecule has 0 spiro atoms. The second-order valence-electron chi connectivity index (χ2n) is 6.15. The lowest BCUT2D eigenvalue weighted by atomic mass is 10.2. The summed E-state index contributed by atoms with van der Waals surface area (Å²) in [6.45, 7) is 2.56. The summed E-state index contributed by atoms with van der Waals surface area (Å²) < 4.78 is 80.1. The molecule has 0 amide bonds. The zero-order valence-electron chi connectivity index (χ0n) is 14.8. The van der Waals surface area contributed by atoms with E-state index in [1.807, 2.05) is 13.8 Å². The van der Waals surface area contributed by atoms with E-state index in [2.05, 4.69) is 30.3 Å². The van der Waals surface area contributed by atoms with Gasteiger partial charge in [-0.3, -0.25) is 0 Å². The van der Waals surface area contributed by atoms with Gasteiger partial charge in [0.15, 0.2) is 6.61 Å². The Kier molecular flexibility index (Phi) is 6.52. The minimum absolute atomic E-state index is 0.00222. The molecular formula is C16H17F6N5O. The van der Waals surface area contributed by atoms with Crippen molar-refractivity contribution in [1.82, 2.24) is 15.0 Å². The van der Waals surface area contributed by atoms with Gasteiger partial charge in [0.2, 0.25) is 11.9 Å². The molecule has 6 nitrogen and oxygen atoms in total. The Morgan fingerprint density at radius 3 is 2.29 bits per heavy atom. The topological polar surface area (TPSA) is 72.0 Å². The van der Waals surface area contributed by atoms with Crippen LogP contribution < -0.4 is 15.4 Å². The Morgan fingerprint density at radius 1 is 1.00 bits per heavy atom. The van der Waals surface area contributed by atoms with E-state index in [9.17, 15) is 26.3 Å². The van der Waals surface area contributed by atoms with Crippen LogP contribution in [0.5, 0.6) is 6.01 Å². The fourth-order valence-electron chi connectivity index (χ4n) is 1.90. The number of alkyl halides is 6. The van der Waals surface area contributed by atoms with Crippen LogP contribution >= 0.6 is 0 Å². The van der Waals surface area contributed by atoms with Gasteiger partial charge in [0.05, 0.1) is 5.56 Å². The molecule has 0 aliphatic rings. The van der Waals surface area contributed by atoms with Gasteiger partial charge in [-0.2, -0.15) is 41.3 Å². The molecule has 2 N–H and O–H groups in total. The normalized spacial score (nSPS) is 12.2. The van der Waals surface area contributed by atoms with Gasteiger partial charge in [0.1, 0.15) is 0 Å². The lowest BCUT2D eigenvalue weighted by molar-refractivity contribution is -0.154. The predicted octanol–water partition coefficient (Wildman–Crippen LogP) is 4.64. The fourth-order valence-corrected chi connectivity index (χ4v) is 1.90. The van der Waals surface area contributed by atoms with Crippen molar-refractivity contribution in [2.24, 2.45) is 5.92 Å². The number of hydrogen-bond acceptors (Lipinski definition) is 6. The smallest absolute Gasteiger partial charge is 0.422 e. The van der Waals surface area contributed by atoms with Crippen molar-refractivity contribution in [3.05, 3.63) is 29.8 Å². The maximum absolute atomic E-state index is 12.8. The Bertz CT molecular complexity index is 794. The molecule has 0 aliphatic heterocycles. The zero-order chi connectivity index (χ0) is 20.9. The van der Waals surface area contributed by atoms with Gasteiger partial charge in [-0.25, -0.2) is 0 Å². The van der Waals surface area contributed by atoms with Gasteiger partial charge in [-0.15, -0.1) is 0 Å². The third-order valence-electron chi connectivity index (χ3n) is 3.09. The van der Waals surface area contributed by atoms with Gasteiger partial charge in [-0.1, -0.05) is 19.9 Å². The van der Waals surface area contributed by atoms with Crippen molar-refractivity contribution >= 4 is 17.6 Å². The van der Waals surface area contributed by atoms with Gasteiger partial charge in [0, 0.05) is 12.2 Å². The number of hydrogen-bond donors (Lipinski definition) is 2. The maximum Gasteiger partial charge on any atom is 0.422 e. The van der Waals surface area contributed by atoms with Gasteiger partial charge in [0.25, 0.3) is 0 Å². The molecular weight excluding hydrogens is 392 g/mol. The summed E-state index contributed by atoms with van der Waals surface area (Å²) in [7, 11) is 0. The Balaban J connectivity index is 2.27. The number of nitrogens with one attached hydrogen (secondary N) is 2. The van der Waals surface area contributed by atoms with Crippen LogP contribution in [-0.4, -0.2) is 34.3 Å². The van der Waals surface area contributed by atoms with Gasteiger partial charge < -0.3 is 15.4 Å². The number of anilines is 3. The van der Waals surface area contributed by atoms with E-state index in [-0.39, 0.29) is 23.5 Å². The summed E-state index contributed by atoms with van der Waals surface area (Å²) in [6.07, 6.45) is -9.16. The van der Waals surface area contributed by atoms with E-state index in [1.54, 1.807) is 0 Å². The largest absolute Gasteiger partial charge is 0.454 e. The van der Waals surface area contributed by atoms with E-state index < -0.39 is 30.5 Å². The molecule has 2 rings (SSSR count). The summed E-state index contributed by atoms with van der Waals surface area (Å²) in [5, 5.41) is 5.32. The van der Waals surface area contributed by atoms with E-state index in [1.165, 1.54) is 12.1 Å². The van der Waals surface area contributed by atoms with Crippen molar-refractivity contribution in [2.75, 3.05) is 23.8 Å². The minimum Gasteiger partial charge on any atom is -0.454 e. The van der Waals surface area contributed by atoms with Crippen LogP contribution in [0.25, 0.3) is 0 Å². The second-order valence-corrected chi connectivity index (χ2v) is 6.15. The predicted molar refractivity (Wildman–Crippen MR) is 89.4 cm³/mol. The third-order valence-corrected chi connectivity index (χ3v) is 3.09. The highest BCUT2D eigenvalue weighted by molar-refractivity contribution is 5.55. The molecule has 0 bridgehead atoms. The molecule has 0 atom stereocenters. The Labute approximate surface area is 156 Å². The summed E-state index contributed by atoms with van der Waals surface area (Å²) in [5.74, 6) is -0.163. The molecule has 0 fully saturated rings. The highest BCUT2D eigenvalue weighted by Crippen LogP contribution is 2.31. The monoisotopic (exact) mass is 409 g/mol. The molecule has 154 valence electrons. The second kappa shape index (κ2) is 8.48. The standard InChI is InChI=1S/C16H17F6N5O/c1-9(2)7-23-12-25-13(27-14(26-12)28-8-15(17,18)19)24-11-5-3-4-10(6-11)16(20,21)22/h3-6,9H,7-8H2,1-2H3,(H2,23,24,25,26,27). The first kappa shape index (κ1) is 21.5. The van der Waals surface area contributed by atoms with Crippen molar-refractivity contribution in [3.63, 3.8) is 0 Å². The highest BCUT2D eigenvalue weighted by Gasteiger charge is 2.31. The lowest BCUT2D eigenvalue weighted by Crippen LogP contribution is -2.21. The Hall–Kier alpha value is -2.79. The van der Waals surface area contributed by atoms with Crippen LogP contribution in [0.1, 0.15) is 19.4 Å². The zero-order valence-corrected chi connectivity index (χ0v) is 14.8. The number of halogens is 6. The SMILES string of the molecule is CC(C)CNc1nc(Nc2cccc(C(F)(F)F)c2)nc(OCC(F)(F)F)n1. The van der Waals surface area contributed by atoms with E-state index in [0.29, 0.717) is 6.54 Å². The molecule has 28 heavy (non-hydrogen) atoms. The first-order valence-electron chi connectivity index (χ1n) is 8.06. The van der Waals surface area contributed by atoms with Crippen molar-refractivity contribution < 1.29 is 31.1 Å². The van der Waals surface area contributed by atoms with Crippen molar-refractivity contribution in [2.45, 2.75) is 26.2 Å². The molecule has 1 aromatic carbocycles.